The van der Waals surface area contributed by atoms with E-state index in [4.69, 9.17) is 15.7 Å². The van der Waals surface area contributed by atoms with Crippen LogP contribution in [0.25, 0.3) is 0 Å². The molecule has 1 rings (SSSR count). The van der Waals surface area contributed by atoms with Gasteiger partial charge in [-0.3, -0.25) is 0 Å². The molecule has 1 aromatic rings. The van der Waals surface area contributed by atoms with E-state index >= 15 is 0 Å². The van der Waals surface area contributed by atoms with Crippen LogP contribution in [0.1, 0.15) is 50.7 Å². The number of para-hydroxylation sites is 1. The molecule has 0 saturated carbocycles. The van der Waals surface area contributed by atoms with Crippen LogP contribution in [0.2, 0.25) is 0 Å². The SMILES string of the molecule is CCCCC(CC)COc1c(C)cccc1/C(N)=N/O. The third-order valence-corrected chi connectivity index (χ3v) is 3.60. The number of aryl methyl sites for hydroxylation is 1. The van der Waals surface area contributed by atoms with E-state index in [0.717, 1.165) is 17.7 Å². The Balaban J connectivity index is 2.81. The normalized spacial score (nSPS) is 13.2. The van der Waals surface area contributed by atoms with E-state index in [0.29, 0.717) is 18.1 Å². The number of ether oxygens (including phenoxy) is 1. The molecule has 1 aromatic carbocycles. The third kappa shape index (κ3) is 4.44. The lowest BCUT2D eigenvalue weighted by molar-refractivity contribution is 0.231. The number of amidine groups is 1. The van der Waals surface area contributed by atoms with E-state index in [-0.39, 0.29) is 5.84 Å². The third-order valence-electron chi connectivity index (χ3n) is 3.60. The van der Waals surface area contributed by atoms with Crippen molar-refractivity contribution in [1.82, 2.24) is 0 Å². The highest BCUT2D eigenvalue weighted by atomic mass is 16.5. The molecule has 0 aromatic heterocycles. The second-order valence-corrected chi connectivity index (χ2v) is 5.16. The molecule has 0 radical (unpaired) electrons. The van der Waals surface area contributed by atoms with Crippen LogP contribution in [-0.2, 0) is 0 Å². The summed E-state index contributed by atoms with van der Waals surface area (Å²) in [6, 6.07) is 5.66. The molecule has 112 valence electrons. The lowest BCUT2D eigenvalue weighted by Crippen LogP contribution is -2.18. The lowest BCUT2D eigenvalue weighted by atomic mass is 10.0. The van der Waals surface area contributed by atoms with Gasteiger partial charge in [-0.15, -0.1) is 0 Å². The summed E-state index contributed by atoms with van der Waals surface area (Å²) in [6.07, 6.45) is 4.71. The van der Waals surface area contributed by atoms with Gasteiger partial charge in [0.1, 0.15) is 5.75 Å². The second kappa shape index (κ2) is 8.46. The molecular weight excluding hydrogens is 252 g/mol. The molecule has 0 fully saturated rings. The first-order valence-electron chi connectivity index (χ1n) is 7.34. The molecule has 4 nitrogen and oxygen atoms in total. The standard InChI is InChI=1S/C16H26N2O2/c1-4-6-9-13(5-2)11-20-15-12(3)8-7-10-14(15)16(17)18-19/h7-8,10,13,19H,4-6,9,11H2,1-3H3,(H2,17,18). The molecule has 0 saturated heterocycles. The number of nitrogens with two attached hydrogens (primary N) is 1. The summed E-state index contributed by atoms with van der Waals surface area (Å²) < 4.78 is 5.97. The first kappa shape index (κ1) is 16.3. The van der Waals surface area contributed by atoms with Crippen LogP contribution in [0.15, 0.2) is 23.4 Å². The van der Waals surface area contributed by atoms with E-state index in [2.05, 4.69) is 19.0 Å². The first-order valence-corrected chi connectivity index (χ1v) is 7.34. The minimum atomic E-state index is 0.0882. The van der Waals surface area contributed by atoms with Gasteiger partial charge in [-0.25, -0.2) is 0 Å². The number of nitrogens with zero attached hydrogens (tertiary/aromatic N) is 1. The quantitative estimate of drug-likeness (QED) is 0.330. The Morgan fingerprint density at radius 1 is 1.40 bits per heavy atom. The average Bonchev–Trinajstić information content (AvgIpc) is 2.47. The highest BCUT2D eigenvalue weighted by Gasteiger charge is 2.13. The lowest BCUT2D eigenvalue weighted by Gasteiger charge is -2.18. The van der Waals surface area contributed by atoms with Crippen molar-refractivity contribution in [2.45, 2.75) is 46.5 Å². The van der Waals surface area contributed by atoms with Gasteiger partial charge >= 0.3 is 0 Å². The van der Waals surface area contributed by atoms with Crippen LogP contribution >= 0.6 is 0 Å². The monoisotopic (exact) mass is 278 g/mol. The molecule has 0 heterocycles. The molecular formula is C16H26N2O2. The van der Waals surface area contributed by atoms with Gasteiger partial charge in [-0.05, 0) is 30.9 Å². The Hall–Kier alpha value is -1.71. The van der Waals surface area contributed by atoms with E-state index in [1.54, 1.807) is 0 Å². The van der Waals surface area contributed by atoms with Gasteiger partial charge < -0.3 is 15.7 Å². The summed E-state index contributed by atoms with van der Waals surface area (Å²) in [5.74, 6) is 1.36. The Labute approximate surface area is 121 Å². The van der Waals surface area contributed by atoms with E-state index in [1.165, 1.54) is 19.3 Å². The Bertz CT molecular complexity index is 444. The summed E-state index contributed by atoms with van der Waals surface area (Å²) in [5, 5.41) is 11.9. The number of unbranched alkanes of at least 4 members (excludes halogenated alkanes) is 1. The topological polar surface area (TPSA) is 67.8 Å². The van der Waals surface area contributed by atoms with E-state index < -0.39 is 0 Å². The largest absolute Gasteiger partial charge is 0.492 e. The van der Waals surface area contributed by atoms with Crippen molar-refractivity contribution in [3.8, 4) is 5.75 Å². The van der Waals surface area contributed by atoms with Crippen molar-refractivity contribution >= 4 is 5.84 Å². The van der Waals surface area contributed by atoms with Crippen molar-refractivity contribution in [3.05, 3.63) is 29.3 Å². The number of hydrogen-bond donors (Lipinski definition) is 2. The van der Waals surface area contributed by atoms with Crippen LogP contribution < -0.4 is 10.5 Å². The zero-order valence-electron chi connectivity index (χ0n) is 12.7. The minimum absolute atomic E-state index is 0.0882. The van der Waals surface area contributed by atoms with Gasteiger partial charge in [0, 0.05) is 0 Å². The molecule has 1 atom stereocenters. The number of rotatable bonds is 8. The predicted octanol–water partition coefficient (Wildman–Crippen LogP) is 3.68. The fraction of sp³-hybridized carbons (Fsp3) is 0.562. The Morgan fingerprint density at radius 2 is 2.15 bits per heavy atom. The fourth-order valence-corrected chi connectivity index (χ4v) is 2.20. The Kier molecular flexibility index (Phi) is 6.91. The van der Waals surface area contributed by atoms with Crippen molar-refractivity contribution in [2.75, 3.05) is 6.61 Å². The van der Waals surface area contributed by atoms with E-state index in [9.17, 15) is 0 Å². The molecule has 0 amide bonds. The number of hydrogen-bond acceptors (Lipinski definition) is 3. The Morgan fingerprint density at radius 3 is 2.75 bits per heavy atom. The molecule has 20 heavy (non-hydrogen) atoms. The summed E-state index contributed by atoms with van der Waals surface area (Å²) in [7, 11) is 0. The molecule has 0 bridgehead atoms. The summed E-state index contributed by atoms with van der Waals surface area (Å²) in [4.78, 5) is 0. The van der Waals surface area contributed by atoms with Crippen LogP contribution in [0.3, 0.4) is 0 Å². The maximum Gasteiger partial charge on any atom is 0.173 e. The van der Waals surface area contributed by atoms with Crippen LogP contribution in [0.5, 0.6) is 5.75 Å². The van der Waals surface area contributed by atoms with Gasteiger partial charge in [-0.1, -0.05) is 50.4 Å². The zero-order valence-corrected chi connectivity index (χ0v) is 12.7. The summed E-state index contributed by atoms with van der Waals surface area (Å²) in [5.41, 5.74) is 7.35. The van der Waals surface area contributed by atoms with Crippen molar-refractivity contribution in [1.29, 1.82) is 0 Å². The smallest absolute Gasteiger partial charge is 0.173 e. The van der Waals surface area contributed by atoms with E-state index in [1.807, 2.05) is 25.1 Å². The molecule has 0 spiro atoms. The number of oxime groups is 1. The van der Waals surface area contributed by atoms with Gasteiger partial charge in [0.05, 0.1) is 12.2 Å². The molecule has 0 aliphatic heterocycles. The number of benzene rings is 1. The van der Waals surface area contributed by atoms with Crippen LogP contribution in [-0.4, -0.2) is 17.6 Å². The second-order valence-electron chi connectivity index (χ2n) is 5.16. The minimum Gasteiger partial charge on any atom is -0.492 e. The predicted molar refractivity (Wildman–Crippen MR) is 82.5 cm³/mol. The first-order chi connectivity index (χ1) is 9.63. The molecule has 4 heteroatoms. The van der Waals surface area contributed by atoms with Gasteiger partial charge in [0.15, 0.2) is 5.84 Å². The summed E-state index contributed by atoms with van der Waals surface area (Å²) in [6.45, 7) is 7.03. The highest BCUT2D eigenvalue weighted by Crippen LogP contribution is 2.25. The maximum atomic E-state index is 8.85. The maximum absolute atomic E-state index is 8.85. The molecule has 0 aliphatic carbocycles. The highest BCUT2D eigenvalue weighted by molar-refractivity contribution is 5.99. The molecule has 3 N–H and O–H groups in total. The fourth-order valence-electron chi connectivity index (χ4n) is 2.20. The van der Waals surface area contributed by atoms with Crippen molar-refractivity contribution < 1.29 is 9.94 Å². The van der Waals surface area contributed by atoms with Gasteiger partial charge in [-0.2, -0.15) is 0 Å². The summed E-state index contributed by atoms with van der Waals surface area (Å²) >= 11 is 0. The van der Waals surface area contributed by atoms with Gasteiger partial charge in [0.2, 0.25) is 0 Å². The average molecular weight is 278 g/mol. The van der Waals surface area contributed by atoms with Crippen molar-refractivity contribution in [3.63, 3.8) is 0 Å². The molecule has 1 unspecified atom stereocenters. The van der Waals surface area contributed by atoms with Crippen molar-refractivity contribution in [2.24, 2.45) is 16.8 Å². The van der Waals surface area contributed by atoms with Crippen LogP contribution in [0, 0.1) is 12.8 Å². The van der Waals surface area contributed by atoms with Crippen LogP contribution in [0.4, 0.5) is 0 Å². The zero-order chi connectivity index (χ0) is 15.0. The molecule has 0 aliphatic rings. The van der Waals surface area contributed by atoms with Gasteiger partial charge in [0.25, 0.3) is 0 Å².